The molecule has 3 aromatic rings. The first kappa shape index (κ1) is 22.2. The molecule has 0 radical (unpaired) electrons. The lowest BCUT2D eigenvalue weighted by Gasteiger charge is -2.15. The van der Waals surface area contributed by atoms with Crippen molar-refractivity contribution in [2.45, 2.75) is 13.0 Å². The second-order valence-electron chi connectivity index (χ2n) is 7.04. The van der Waals surface area contributed by atoms with Crippen LogP contribution in [0.3, 0.4) is 0 Å². The van der Waals surface area contributed by atoms with Gasteiger partial charge in [-0.3, -0.25) is 0 Å². The number of methoxy groups -OCH3 is 2. The van der Waals surface area contributed by atoms with E-state index in [1.54, 1.807) is 32.4 Å². The molecule has 31 heavy (non-hydrogen) atoms. The topological polar surface area (TPSA) is 71.6 Å². The second-order valence-corrected chi connectivity index (χ2v) is 7.04. The van der Waals surface area contributed by atoms with E-state index in [0.29, 0.717) is 30.3 Å². The maximum absolute atomic E-state index is 12.2. The molecule has 1 atom stereocenters. The van der Waals surface area contributed by atoms with Crippen LogP contribution in [0.4, 0.5) is 10.5 Å². The molecule has 0 spiro atoms. The van der Waals surface area contributed by atoms with Crippen LogP contribution in [0.15, 0.2) is 72.8 Å². The van der Waals surface area contributed by atoms with Gasteiger partial charge in [0.15, 0.2) is 0 Å². The summed E-state index contributed by atoms with van der Waals surface area (Å²) in [4.78, 5) is 12.2. The molecule has 0 unspecified atom stereocenters. The number of carbonyl (C=O) groups excluding carboxylic acids is 1. The molecule has 3 rings (SSSR count). The van der Waals surface area contributed by atoms with Crippen molar-refractivity contribution in [1.29, 1.82) is 0 Å². The van der Waals surface area contributed by atoms with E-state index in [1.807, 2.05) is 12.2 Å². The standard InChI is InChI=1S/C25H29N3O3/c1-18(20-13-8-11-19-10-4-5-12-21(19)20)26-16-6-7-17-27-25(29)28-24-22(30-2)14-9-15-23(24)31-3/h4-15,18,26H,16-17H2,1-3H3,(H2,27,28,29)/b7-6+/t18-/m1/s1. The summed E-state index contributed by atoms with van der Waals surface area (Å²) in [7, 11) is 3.10. The van der Waals surface area contributed by atoms with Crippen LogP contribution in [-0.4, -0.2) is 33.3 Å². The van der Waals surface area contributed by atoms with Crippen LogP contribution in [0.2, 0.25) is 0 Å². The van der Waals surface area contributed by atoms with Gasteiger partial charge in [0.25, 0.3) is 0 Å². The Kier molecular flexibility index (Phi) is 7.90. The maximum Gasteiger partial charge on any atom is 0.319 e. The summed E-state index contributed by atoms with van der Waals surface area (Å²) in [5, 5.41) is 11.6. The molecule has 0 fully saturated rings. The molecule has 0 aliphatic rings. The predicted molar refractivity (Wildman–Crippen MR) is 126 cm³/mol. The Morgan fingerprint density at radius 2 is 1.55 bits per heavy atom. The largest absolute Gasteiger partial charge is 0.494 e. The molecule has 6 heteroatoms. The van der Waals surface area contributed by atoms with Crippen LogP contribution < -0.4 is 25.4 Å². The van der Waals surface area contributed by atoms with Crippen molar-refractivity contribution < 1.29 is 14.3 Å². The zero-order chi connectivity index (χ0) is 22.1. The summed E-state index contributed by atoms with van der Waals surface area (Å²) in [5.41, 5.74) is 1.77. The van der Waals surface area contributed by atoms with Crippen LogP contribution in [-0.2, 0) is 0 Å². The minimum atomic E-state index is -0.329. The van der Waals surface area contributed by atoms with Gasteiger partial charge in [0.05, 0.1) is 14.2 Å². The van der Waals surface area contributed by atoms with Crippen molar-refractivity contribution in [3.8, 4) is 11.5 Å². The van der Waals surface area contributed by atoms with E-state index >= 15 is 0 Å². The number of hydrogen-bond acceptors (Lipinski definition) is 4. The Bertz CT molecular complexity index is 1020. The lowest BCUT2D eigenvalue weighted by Crippen LogP contribution is -2.29. The molecule has 0 aliphatic heterocycles. The molecule has 2 amide bonds. The molecule has 0 bridgehead atoms. The van der Waals surface area contributed by atoms with E-state index < -0.39 is 0 Å². The first-order valence-electron chi connectivity index (χ1n) is 10.3. The van der Waals surface area contributed by atoms with E-state index in [0.717, 1.165) is 0 Å². The van der Waals surface area contributed by atoms with Crippen molar-refractivity contribution in [3.63, 3.8) is 0 Å². The summed E-state index contributed by atoms with van der Waals surface area (Å²) < 4.78 is 10.6. The van der Waals surface area contributed by atoms with E-state index in [-0.39, 0.29) is 12.1 Å². The number of benzene rings is 3. The normalized spacial score (nSPS) is 12.0. The first-order chi connectivity index (χ1) is 15.1. The van der Waals surface area contributed by atoms with Crippen LogP contribution in [0.1, 0.15) is 18.5 Å². The summed E-state index contributed by atoms with van der Waals surface area (Å²) in [6.45, 7) is 3.27. The highest BCUT2D eigenvalue weighted by Gasteiger charge is 2.12. The van der Waals surface area contributed by atoms with Gasteiger partial charge >= 0.3 is 6.03 Å². The first-order valence-corrected chi connectivity index (χ1v) is 10.3. The SMILES string of the molecule is COc1cccc(OC)c1NC(=O)NC/C=C/CN[C@H](C)c1cccc2ccccc12. The Morgan fingerprint density at radius 3 is 2.29 bits per heavy atom. The van der Waals surface area contributed by atoms with Crippen LogP contribution in [0.5, 0.6) is 11.5 Å². The molecule has 162 valence electrons. The molecule has 0 aliphatic carbocycles. The third-order valence-electron chi connectivity index (χ3n) is 5.05. The molecule has 6 nitrogen and oxygen atoms in total. The van der Waals surface area contributed by atoms with Gasteiger partial charge in [0, 0.05) is 19.1 Å². The second kappa shape index (κ2) is 11.0. The molecular weight excluding hydrogens is 390 g/mol. The van der Waals surface area contributed by atoms with Crippen LogP contribution in [0, 0.1) is 0 Å². The van der Waals surface area contributed by atoms with Crippen molar-refractivity contribution in [1.82, 2.24) is 10.6 Å². The number of amides is 2. The van der Waals surface area contributed by atoms with E-state index in [4.69, 9.17) is 9.47 Å². The fraction of sp³-hybridized carbons (Fsp3) is 0.240. The number of nitrogens with one attached hydrogen (secondary N) is 3. The van der Waals surface area contributed by atoms with Gasteiger partial charge in [-0.25, -0.2) is 4.79 Å². The zero-order valence-electron chi connectivity index (χ0n) is 18.1. The molecule has 3 aromatic carbocycles. The van der Waals surface area contributed by atoms with Crippen LogP contribution in [0.25, 0.3) is 10.8 Å². The minimum Gasteiger partial charge on any atom is -0.494 e. The molecule has 0 aromatic heterocycles. The molecule has 0 saturated heterocycles. The fourth-order valence-electron chi connectivity index (χ4n) is 3.43. The molecule has 0 heterocycles. The third kappa shape index (κ3) is 5.77. The minimum absolute atomic E-state index is 0.213. The number of hydrogen-bond donors (Lipinski definition) is 3. The van der Waals surface area contributed by atoms with Gasteiger partial charge in [0.2, 0.25) is 0 Å². The number of anilines is 1. The lowest BCUT2D eigenvalue weighted by molar-refractivity contribution is 0.252. The lowest BCUT2D eigenvalue weighted by atomic mass is 10.00. The summed E-state index contributed by atoms with van der Waals surface area (Å²) in [6, 6.07) is 20.0. The maximum atomic E-state index is 12.2. The Hall–Kier alpha value is -3.51. The van der Waals surface area contributed by atoms with Gasteiger partial charge < -0.3 is 25.4 Å². The highest BCUT2D eigenvalue weighted by molar-refractivity contribution is 5.93. The summed E-state index contributed by atoms with van der Waals surface area (Å²) in [6.07, 6.45) is 3.92. The number of fused-ring (bicyclic) bond motifs is 1. The van der Waals surface area contributed by atoms with Gasteiger partial charge in [-0.1, -0.05) is 60.7 Å². The molecule has 0 saturated carbocycles. The van der Waals surface area contributed by atoms with E-state index in [9.17, 15) is 4.79 Å². The summed E-state index contributed by atoms with van der Waals surface area (Å²) in [5.74, 6) is 1.08. The van der Waals surface area contributed by atoms with Crippen molar-refractivity contribution >= 4 is 22.5 Å². The van der Waals surface area contributed by atoms with Gasteiger partial charge in [-0.15, -0.1) is 0 Å². The third-order valence-corrected chi connectivity index (χ3v) is 5.05. The smallest absolute Gasteiger partial charge is 0.319 e. The molecular formula is C25H29N3O3. The monoisotopic (exact) mass is 419 g/mol. The van der Waals surface area contributed by atoms with E-state index in [2.05, 4.69) is 65.3 Å². The van der Waals surface area contributed by atoms with Crippen molar-refractivity contribution in [2.24, 2.45) is 0 Å². The summed E-state index contributed by atoms with van der Waals surface area (Å²) >= 11 is 0. The van der Waals surface area contributed by atoms with Gasteiger partial charge in [0.1, 0.15) is 17.2 Å². The van der Waals surface area contributed by atoms with E-state index in [1.165, 1.54) is 16.3 Å². The fourth-order valence-corrected chi connectivity index (χ4v) is 3.43. The average molecular weight is 420 g/mol. The number of urea groups is 1. The highest BCUT2D eigenvalue weighted by Crippen LogP contribution is 2.33. The number of carbonyl (C=O) groups is 1. The number of rotatable bonds is 9. The van der Waals surface area contributed by atoms with Gasteiger partial charge in [-0.2, -0.15) is 0 Å². The van der Waals surface area contributed by atoms with Crippen LogP contribution >= 0.6 is 0 Å². The highest BCUT2D eigenvalue weighted by atomic mass is 16.5. The van der Waals surface area contributed by atoms with Crippen molar-refractivity contribution in [3.05, 3.63) is 78.4 Å². The van der Waals surface area contributed by atoms with Crippen molar-refractivity contribution in [2.75, 3.05) is 32.6 Å². The van der Waals surface area contributed by atoms with Gasteiger partial charge in [-0.05, 0) is 35.4 Å². The molecule has 3 N–H and O–H groups in total. The Balaban J connectivity index is 1.46. The predicted octanol–water partition coefficient (Wildman–Crippen LogP) is 4.89. The average Bonchev–Trinajstić information content (AvgIpc) is 2.80. The Labute approximate surface area is 183 Å². The number of ether oxygens (including phenoxy) is 2. The quantitative estimate of drug-likeness (QED) is 0.432. The Morgan fingerprint density at radius 1 is 0.903 bits per heavy atom. The zero-order valence-corrected chi connectivity index (χ0v) is 18.1. The number of para-hydroxylation sites is 1.